The first-order valence-corrected chi connectivity index (χ1v) is 9.16. The number of carbonyl (C=O) groups is 2. The van der Waals surface area contributed by atoms with Gasteiger partial charge in [-0.2, -0.15) is 0 Å². The summed E-state index contributed by atoms with van der Waals surface area (Å²) in [7, 11) is 1.59. The number of nitrogens with one attached hydrogen (secondary N) is 2. The normalized spacial score (nSPS) is 21.5. The van der Waals surface area contributed by atoms with Gasteiger partial charge in [-0.3, -0.25) is 9.59 Å². The van der Waals surface area contributed by atoms with Gasteiger partial charge in [0, 0.05) is 17.7 Å². The van der Waals surface area contributed by atoms with Crippen LogP contribution in [0.4, 0.5) is 5.69 Å². The van der Waals surface area contributed by atoms with Gasteiger partial charge < -0.3 is 15.4 Å². The number of benzene rings is 1. The maximum Gasteiger partial charge on any atom is 0.247 e. The summed E-state index contributed by atoms with van der Waals surface area (Å²) in [6.07, 6.45) is 3.99. The Hall–Kier alpha value is -2.04. The molecule has 2 N–H and O–H groups in total. The number of ether oxygens (including phenoxy) is 1. The van der Waals surface area contributed by atoms with Gasteiger partial charge in [0.1, 0.15) is 11.8 Å². The maximum absolute atomic E-state index is 12.7. The third-order valence-electron chi connectivity index (χ3n) is 4.97. The van der Waals surface area contributed by atoms with Crippen LogP contribution in [0, 0.1) is 17.8 Å². The topological polar surface area (TPSA) is 67.4 Å². The standard InChI is InChI=1S/C20H30N2O3/c1-13(2)18(22-19(23)15-10-8-14(3)9-11-15)20(24)21-16-6-5-7-17(12-16)25-4/h5-7,12-15,18H,8-11H2,1-4H3,(H,21,24)(H,22,23)/t14?,15?,18-/m1/s1. The molecule has 1 aromatic rings. The van der Waals surface area contributed by atoms with Crippen molar-refractivity contribution in [2.24, 2.45) is 17.8 Å². The predicted octanol–water partition coefficient (Wildman–Crippen LogP) is 3.60. The molecule has 138 valence electrons. The molecular weight excluding hydrogens is 316 g/mol. The summed E-state index contributed by atoms with van der Waals surface area (Å²) in [4.78, 5) is 25.2. The molecule has 1 aliphatic carbocycles. The Labute approximate surface area is 150 Å². The predicted molar refractivity (Wildman–Crippen MR) is 99.5 cm³/mol. The molecule has 1 saturated carbocycles. The summed E-state index contributed by atoms with van der Waals surface area (Å²) >= 11 is 0. The zero-order valence-electron chi connectivity index (χ0n) is 15.7. The molecule has 25 heavy (non-hydrogen) atoms. The summed E-state index contributed by atoms with van der Waals surface area (Å²) in [5.41, 5.74) is 0.663. The summed E-state index contributed by atoms with van der Waals surface area (Å²) in [6.45, 7) is 6.12. The highest BCUT2D eigenvalue weighted by molar-refractivity contribution is 5.97. The van der Waals surface area contributed by atoms with Crippen LogP contribution in [-0.4, -0.2) is 25.0 Å². The van der Waals surface area contributed by atoms with Crippen LogP contribution in [-0.2, 0) is 9.59 Å². The molecule has 0 spiro atoms. The van der Waals surface area contributed by atoms with Crippen molar-refractivity contribution in [3.63, 3.8) is 0 Å². The molecule has 2 amide bonds. The Kier molecular flexibility index (Phi) is 6.85. The van der Waals surface area contributed by atoms with E-state index in [9.17, 15) is 9.59 Å². The van der Waals surface area contributed by atoms with Gasteiger partial charge >= 0.3 is 0 Å². The number of methoxy groups -OCH3 is 1. The first kappa shape index (κ1) is 19.3. The molecule has 5 heteroatoms. The van der Waals surface area contributed by atoms with Crippen molar-refractivity contribution in [1.82, 2.24) is 5.32 Å². The zero-order valence-corrected chi connectivity index (χ0v) is 15.7. The Bertz CT molecular complexity index is 592. The molecule has 0 bridgehead atoms. The Balaban J connectivity index is 1.99. The smallest absolute Gasteiger partial charge is 0.247 e. The Morgan fingerprint density at radius 3 is 2.44 bits per heavy atom. The van der Waals surface area contributed by atoms with Gasteiger partial charge in [-0.25, -0.2) is 0 Å². The molecule has 1 aromatic carbocycles. The number of hydrogen-bond acceptors (Lipinski definition) is 3. The monoisotopic (exact) mass is 346 g/mol. The highest BCUT2D eigenvalue weighted by Gasteiger charge is 2.29. The van der Waals surface area contributed by atoms with Crippen molar-refractivity contribution in [2.75, 3.05) is 12.4 Å². The van der Waals surface area contributed by atoms with Crippen LogP contribution in [0.3, 0.4) is 0 Å². The zero-order chi connectivity index (χ0) is 18.4. The molecule has 0 saturated heterocycles. The fraction of sp³-hybridized carbons (Fsp3) is 0.600. The lowest BCUT2D eigenvalue weighted by Gasteiger charge is -2.28. The van der Waals surface area contributed by atoms with E-state index in [1.165, 1.54) is 0 Å². The van der Waals surface area contributed by atoms with Crippen LogP contribution in [0.5, 0.6) is 5.75 Å². The van der Waals surface area contributed by atoms with Crippen molar-refractivity contribution in [3.8, 4) is 5.75 Å². The van der Waals surface area contributed by atoms with E-state index in [0.29, 0.717) is 17.4 Å². The SMILES string of the molecule is COc1cccc(NC(=O)[C@H](NC(=O)C2CCC(C)CC2)C(C)C)c1. The third-order valence-corrected chi connectivity index (χ3v) is 4.97. The number of amides is 2. The molecule has 1 fully saturated rings. The average Bonchev–Trinajstić information content (AvgIpc) is 2.59. The number of rotatable bonds is 6. The minimum atomic E-state index is -0.543. The lowest BCUT2D eigenvalue weighted by Crippen LogP contribution is -2.49. The summed E-state index contributed by atoms with van der Waals surface area (Å²) < 4.78 is 5.18. The maximum atomic E-state index is 12.7. The van der Waals surface area contributed by atoms with E-state index in [1.54, 1.807) is 13.2 Å². The van der Waals surface area contributed by atoms with E-state index in [4.69, 9.17) is 4.74 Å². The second-order valence-corrected chi connectivity index (χ2v) is 7.41. The fourth-order valence-electron chi connectivity index (χ4n) is 3.25. The van der Waals surface area contributed by atoms with Gasteiger partial charge in [0.05, 0.1) is 7.11 Å². The summed E-state index contributed by atoms with van der Waals surface area (Å²) in [5, 5.41) is 5.85. The minimum absolute atomic E-state index is 0.00592. The molecule has 0 radical (unpaired) electrons. The van der Waals surface area contributed by atoms with Crippen LogP contribution >= 0.6 is 0 Å². The van der Waals surface area contributed by atoms with Gasteiger partial charge in [-0.1, -0.05) is 26.8 Å². The van der Waals surface area contributed by atoms with Crippen LogP contribution in [0.25, 0.3) is 0 Å². The van der Waals surface area contributed by atoms with Gasteiger partial charge in [0.25, 0.3) is 0 Å². The third kappa shape index (κ3) is 5.48. The lowest BCUT2D eigenvalue weighted by atomic mass is 9.82. The highest BCUT2D eigenvalue weighted by atomic mass is 16.5. The van der Waals surface area contributed by atoms with Crippen LogP contribution in [0.1, 0.15) is 46.5 Å². The molecule has 0 aromatic heterocycles. The van der Waals surface area contributed by atoms with Gasteiger partial charge in [-0.05, 0) is 49.7 Å². The Morgan fingerprint density at radius 1 is 1.16 bits per heavy atom. The first-order chi connectivity index (χ1) is 11.9. The van der Waals surface area contributed by atoms with Gasteiger partial charge in [0.15, 0.2) is 0 Å². The molecule has 5 nitrogen and oxygen atoms in total. The van der Waals surface area contributed by atoms with Gasteiger partial charge in [0.2, 0.25) is 11.8 Å². The highest BCUT2D eigenvalue weighted by Crippen LogP contribution is 2.28. The molecule has 1 aliphatic rings. The van der Waals surface area contributed by atoms with E-state index >= 15 is 0 Å². The van der Waals surface area contributed by atoms with Crippen molar-refractivity contribution >= 4 is 17.5 Å². The Morgan fingerprint density at radius 2 is 1.84 bits per heavy atom. The largest absolute Gasteiger partial charge is 0.497 e. The second kappa shape index (κ2) is 8.88. The molecule has 0 aliphatic heterocycles. The minimum Gasteiger partial charge on any atom is -0.497 e. The average molecular weight is 346 g/mol. The molecule has 0 heterocycles. The van der Waals surface area contributed by atoms with Crippen LogP contribution < -0.4 is 15.4 Å². The first-order valence-electron chi connectivity index (χ1n) is 9.16. The number of hydrogen-bond donors (Lipinski definition) is 2. The number of carbonyl (C=O) groups excluding carboxylic acids is 2. The van der Waals surface area contributed by atoms with Crippen molar-refractivity contribution in [1.29, 1.82) is 0 Å². The van der Waals surface area contributed by atoms with Crippen LogP contribution in [0.2, 0.25) is 0 Å². The fourth-order valence-corrected chi connectivity index (χ4v) is 3.25. The van der Waals surface area contributed by atoms with Crippen molar-refractivity contribution < 1.29 is 14.3 Å². The molecule has 1 atom stereocenters. The van der Waals surface area contributed by atoms with E-state index in [2.05, 4.69) is 17.6 Å². The van der Waals surface area contributed by atoms with Crippen molar-refractivity contribution in [2.45, 2.75) is 52.5 Å². The molecular formula is C20H30N2O3. The second-order valence-electron chi connectivity index (χ2n) is 7.41. The molecule has 2 rings (SSSR count). The van der Waals surface area contributed by atoms with Gasteiger partial charge in [-0.15, -0.1) is 0 Å². The van der Waals surface area contributed by atoms with E-state index < -0.39 is 6.04 Å². The van der Waals surface area contributed by atoms with Crippen LogP contribution in [0.15, 0.2) is 24.3 Å². The quantitative estimate of drug-likeness (QED) is 0.827. The van der Waals surface area contributed by atoms with E-state index in [0.717, 1.165) is 25.7 Å². The lowest BCUT2D eigenvalue weighted by molar-refractivity contribution is -0.131. The van der Waals surface area contributed by atoms with E-state index in [-0.39, 0.29) is 23.7 Å². The number of anilines is 1. The summed E-state index contributed by atoms with van der Waals surface area (Å²) in [6, 6.07) is 6.67. The van der Waals surface area contributed by atoms with E-state index in [1.807, 2.05) is 32.0 Å². The van der Waals surface area contributed by atoms with Crippen molar-refractivity contribution in [3.05, 3.63) is 24.3 Å². The summed E-state index contributed by atoms with van der Waals surface area (Å²) in [5.74, 6) is 1.23. The molecule has 0 unspecified atom stereocenters.